The van der Waals surface area contributed by atoms with Crippen molar-refractivity contribution in [3.05, 3.63) is 54.1 Å². The number of nitrogens with zero attached hydrogens (tertiary/aromatic N) is 1. The maximum Gasteiger partial charge on any atom is 0.238 e. The number of ether oxygens (including phenoxy) is 2. The SMILES string of the molecule is COc1cccc(CN(C)CCOc2ccc(S(N)(=O)=O)cc2)c1. The number of benzene rings is 2. The van der Waals surface area contributed by atoms with Gasteiger partial charge in [0.2, 0.25) is 10.0 Å². The van der Waals surface area contributed by atoms with Crippen molar-refractivity contribution >= 4 is 10.0 Å². The van der Waals surface area contributed by atoms with Crippen LogP contribution in [0.5, 0.6) is 11.5 Å². The average Bonchev–Trinajstić information content (AvgIpc) is 2.54. The molecule has 0 unspecified atom stereocenters. The van der Waals surface area contributed by atoms with Crippen LogP contribution in [0.15, 0.2) is 53.4 Å². The Labute approximate surface area is 142 Å². The smallest absolute Gasteiger partial charge is 0.238 e. The number of likely N-dealkylation sites (N-methyl/N-ethyl adjacent to an activating group) is 1. The summed E-state index contributed by atoms with van der Waals surface area (Å²) < 4.78 is 33.2. The fourth-order valence-corrected chi connectivity index (χ4v) is 2.72. The van der Waals surface area contributed by atoms with Gasteiger partial charge in [-0.2, -0.15) is 0 Å². The number of methoxy groups -OCH3 is 1. The summed E-state index contributed by atoms with van der Waals surface area (Å²) in [5.74, 6) is 1.45. The third kappa shape index (κ3) is 5.52. The predicted octanol–water partition coefficient (Wildman–Crippen LogP) is 1.85. The topological polar surface area (TPSA) is 81.9 Å². The zero-order valence-electron chi connectivity index (χ0n) is 13.8. The van der Waals surface area contributed by atoms with Gasteiger partial charge in [-0.05, 0) is 49.0 Å². The average molecular weight is 350 g/mol. The second-order valence-corrected chi connectivity index (χ2v) is 7.02. The van der Waals surface area contributed by atoms with Gasteiger partial charge in [-0.3, -0.25) is 4.90 Å². The number of primary sulfonamides is 1. The molecule has 0 radical (unpaired) electrons. The summed E-state index contributed by atoms with van der Waals surface area (Å²) in [5.41, 5.74) is 1.16. The molecule has 0 aromatic heterocycles. The Bertz CT molecular complexity index is 760. The lowest BCUT2D eigenvalue weighted by molar-refractivity contribution is 0.232. The van der Waals surface area contributed by atoms with Crippen LogP contribution in [0.2, 0.25) is 0 Å². The lowest BCUT2D eigenvalue weighted by Gasteiger charge is -2.17. The van der Waals surface area contributed by atoms with Crippen LogP contribution in [0.3, 0.4) is 0 Å². The van der Waals surface area contributed by atoms with Gasteiger partial charge in [-0.25, -0.2) is 13.6 Å². The van der Waals surface area contributed by atoms with Crippen LogP contribution < -0.4 is 14.6 Å². The standard InChI is InChI=1S/C17H22N2O4S/c1-19(13-14-4-3-5-16(12-14)22-2)10-11-23-15-6-8-17(9-7-15)24(18,20)21/h3-9,12H,10-11,13H2,1-2H3,(H2,18,20,21). The monoisotopic (exact) mass is 350 g/mol. The van der Waals surface area contributed by atoms with Crippen LogP contribution in [0.1, 0.15) is 5.56 Å². The molecule has 24 heavy (non-hydrogen) atoms. The highest BCUT2D eigenvalue weighted by Gasteiger charge is 2.07. The van der Waals surface area contributed by atoms with E-state index in [2.05, 4.69) is 4.90 Å². The molecule has 130 valence electrons. The molecule has 7 heteroatoms. The molecule has 2 aromatic carbocycles. The van der Waals surface area contributed by atoms with Crippen LogP contribution in [0.25, 0.3) is 0 Å². The van der Waals surface area contributed by atoms with E-state index in [1.165, 1.54) is 12.1 Å². The van der Waals surface area contributed by atoms with Gasteiger partial charge in [0, 0.05) is 13.1 Å². The van der Waals surface area contributed by atoms with E-state index in [-0.39, 0.29) is 4.90 Å². The summed E-state index contributed by atoms with van der Waals surface area (Å²) in [6, 6.07) is 14.0. The Kier molecular flexibility index (Phi) is 6.19. The fourth-order valence-electron chi connectivity index (χ4n) is 2.21. The molecular formula is C17H22N2O4S. The second kappa shape index (κ2) is 8.14. The molecule has 0 saturated heterocycles. The fraction of sp³-hybridized carbons (Fsp3) is 0.294. The van der Waals surface area contributed by atoms with Crippen molar-refractivity contribution in [3.63, 3.8) is 0 Å². The Morgan fingerprint density at radius 1 is 1.08 bits per heavy atom. The van der Waals surface area contributed by atoms with Crippen LogP contribution in [0, 0.1) is 0 Å². The highest BCUT2D eigenvalue weighted by atomic mass is 32.2. The van der Waals surface area contributed by atoms with Crippen molar-refractivity contribution in [2.75, 3.05) is 27.3 Å². The highest BCUT2D eigenvalue weighted by Crippen LogP contribution is 2.16. The third-order valence-corrected chi connectivity index (χ3v) is 4.41. The minimum Gasteiger partial charge on any atom is -0.497 e. The second-order valence-electron chi connectivity index (χ2n) is 5.45. The molecule has 0 atom stereocenters. The van der Waals surface area contributed by atoms with Gasteiger partial charge in [0.05, 0.1) is 12.0 Å². The first kappa shape index (κ1) is 18.3. The molecule has 2 aromatic rings. The normalized spacial score (nSPS) is 11.5. The van der Waals surface area contributed by atoms with Gasteiger partial charge >= 0.3 is 0 Å². The summed E-state index contributed by atoms with van der Waals surface area (Å²) in [6.07, 6.45) is 0. The number of hydrogen-bond donors (Lipinski definition) is 1. The van der Waals surface area contributed by atoms with Crippen molar-refractivity contribution in [1.29, 1.82) is 0 Å². The molecule has 0 bridgehead atoms. The Morgan fingerprint density at radius 2 is 1.79 bits per heavy atom. The molecule has 2 rings (SSSR count). The maximum absolute atomic E-state index is 11.2. The van der Waals surface area contributed by atoms with Gasteiger partial charge in [0.1, 0.15) is 18.1 Å². The molecule has 0 aliphatic rings. The van der Waals surface area contributed by atoms with Crippen molar-refractivity contribution in [2.45, 2.75) is 11.4 Å². The van der Waals surface area contributed by atoms with Gasteiger partial charge in [0.25, 0.3) is 0 Å². The van der Waals surface area contributed by atoms with Gasteiger partial charge in [-0.15, -0.1) is 0 Å². The van der Waals surface area contributed by atoms with E-state index in [0.717, 1.165) is 24.4 Å². The van der Waals surface area contributed by atoms with Gasteiger partial charge < -0.3 is 9.47 Å². The molecule has 2 N–H and O–H groups in total. The third-order valence-electron chi connectivity index (χ3n) is 3.48. The molecule has 0 saturated carbocycles. The highest BCUT2D eigenvalue weighted by molar-refractivity contribution is 7.89. The molecule has 0 heterocycles. The van der Waals surface area contributed by atoms with E-state index >= 15 is 0 Å². The van der Waals surface area contributed by atoms with Crippen molar-refractivity contribution in [1.82, 2.24) is 4.90 Å². The molecule has 0 fully saturated rings. The van der Waals surface area contributed by atoms with E-state index in [1.807, 2.05) is 31.3 Å². The van der Waals surface area contributed by atoms with Gasteiger partial charge in [-0.1, -0.05) is 12.1 Å². The largest absolute Gasteiger partial charge is 0.497 e. The minimum absolute atomic E-state index is 0.0741. The summed E-state index contributed by atoms with van der Waals surface area (Å²) >= 11 is 0. The Morgan fingerprint density at radius 3 is 2.42 bits per heavy atom. The number of sulfonamides is 1. The first-order valence-electron chi connectivity index (χ1n) is 7.45. The minimum atomic E-state index is -3.67. The van der Waals surface area contributed by atoms with Crippen molar-refractivity contribution < 1.29 is 17.9 Å². The maximum atomic E-state index is 11.2. The van der Waals surface area contributed by atoms with E-state index in [4.69, 9.17) is 14.6 Å². The van der Waals surface area contributed by atoms with E-state index in [9.17, 15) is 8.42 Å². The van der Waals surface area contributed by atoms with Crippen LogP contribution in [-0.2, 0) is 16.6 Å². The van der Waals surface area contributed by atoms with Gasteiger partial charge in [0.15, 0.2) is 0 Å². The lowest BCUT2D eigenvalue weighted by atomic mass is 10.2. The summed E-state index contributed by atoms with van der Waals surface area (Å²) in [5, 5.41) is 5.06. The van der Waals surface area contributed by atoms with Crippen molar-refractivity contribution in [2.24, 2.45) is 5.14 Å². The van der Waals surface area contributed by atoms with E-state index in [0.29, 0.717) is 12.4 Å². The quantitative estimate of drug-likeness (QED) is 0.786. The Hall–Kier alpha value is -2.09. The summed E-state index contributed by atoms with van der Waals surface area (Å²) in [4.78, 5) is 2.21. The number of hydrogen-bond acceptors (Lipinski definition) is 5. The summed E-state index contributed by atoms with van der Waals surface area (Å²) in [6.45, 7) is 2.01. The number of nitrogens with two attached hydrogens (primary N) is 1. The van der Waals surface area contributed by atoms with Crippen LogP contribution in [0.4, 0.5) is 0 Å². The van der Waals surface area contributed by atoms with Crippen LogP contribution in [-0.4, -0.2) is 40.6 Å². The zero-order valence-corrected chi connectivity index (χ0v) is 14.6. The van der Waals surface area contributed by atoms with Crippen molar-refractivity contribution in [3.8, 4) is 11.5 Å². The van der Waals surface area contributed by atoms with Crippen LogP contribution >= 0.6 is 0 Å². The molecule has 0 spiro atoms. The number of rotatable bonds is 8. The summed E-state index contributed by atoms with van der Waals surface area (Å²) in [7, 11) is -0.0104. The molecule has 0 amide bonds. The lowest BCUT2D eigenvalue weighted by Crippen LogP contribution is -2.23. The first-order chi connectivity index (χ1) is 11.4. The first-order valence-corrected chi connectivity index (χ1v) is 9.00. The molecule has 6 nitrogen and oxygen atoms in total. The molecule has 0 aliphatic heterocycles. The predicted molar refractivity (Wildman–Crippen MR) is 92.6 cm³/mol. The molecular weight excluding hydrogens is 328 g/mol. The molecule has 0 aliphatic carbocycles. The van der Waals surface area contributed by atoms with E-state index in [1.54, 1.807) is 19.2 Å². The van der Waals surface area contributed by atoms with E-state index < -0.39 is 10.0 Å². The Balaban J connectivity index is 1.81. The zero-order chi connectivity index (χ0) is 17.6.